The molecule has 1 aromatic rings. The fourth-order valence-corrected chi connectivity index (χ4v) is 3.92. The lowest BCUT2D eigenvalue weighted by Crippen LogP contribution is -2.27. The summed E-state index contributed by atoms with van der Waals surface area (Å²) in [5.41, 5.74) is 3.12. The van der Waals surface area contributed by atoms with Crippen molar-refractivity contribution in [2.75, 3.05) is 40.8 Å². The van der Waals surface area contributed by atoms with Crippen LogP contribution in [0.5, 0.6) is 11.5 Å². The van der Waals surface area contributed by atoms with Gasteiger partial charge in [0.2, 0.25) is 0 Å². The first-order valence-corrected chi connectivity index (χ1v) is 11.1. The molecule has 1 aliphatic heterocycles. The Morgan fingerprint density at radius 1 is 1.18 bits per heavy atom. The summed E-state index contributed by atoms with van der Waals surface area (Å²) in [5.74, 6) is 0.394. The zero-order valence-electron chi connectivity index (χ0n) is 20.8. The zero-order valence-corrected chi connectivity index (χ0v) is 20.8. The van der Waals surface area contributed by atoms with Crippen LogP contribution in [-0.4, -0.2) is 52.8 Å². The smallest absolute Gasteiger partial charge is 0.342 e. The van der Waals surface area contributed by atoms with E-state index in [9.17, 15) is 9.59 Å². The average molecular weight is 465 g/mol. The monoisotopic (exact) mass is 464 g/mol. The molecule has 1 aromatic carbocycles. The number of rotatable bonds is 13. The summed E-state index contributed by atoms with van der Waals surface area (Å²) < 4.78 is 32.6. The number of fused-ring (bicyclic) bond motifs is 1. The molecule has 0 unspecified atom stereocenters. The van der Waals surface area contributed by atoms with Crippen molar-refractivity contribution in [2.24, 2.45) is 5.41 Å². The molecule has 0 aliphatic carbocycles. The molecule has 0 radical (unpaired) electrons. The summed E-state index contributed by atoms with van der Waals surface area (Å²) in [4.78, 5) is 24.8. The molecule has 1 aliphatic rings. The standard InChI is InChI=1S/C25H36O8/c1-8-31-24(27)25(4,5)13-16(2)9-10-18-21(29-7)17(3)19-14-32-23(26)20(19)22(18)33-15-30-12-11-28-6/h9H,8,10-15H2,1-7H3/b16-9+. The number of hydrogen-bond acceptors (Lipinski definition) is 8. The second kappa shape index (κ2) is 12.0. The third kappa shape index (κ3) is 6.48. The lowest BCUT2D eigenvalue weighted by molar-refractivity contribution is -0.153. The van der Waals surface area contributed by atoms with E-state index in [0.717, 1.165) is 22.3 Å². The van der Waals surface area contributed by atoms with Gasteiger partial charge in [-0.1, -0.05) is 11.6 Å². The van der Waals surface area contributed by atoms with Crippen molar-refractivity contribution in [1.29, 1.82) is 0 Å². The number of allylic oxidation sites excluding steroid dienone is 2. The average Bonchev–Trinajstić information content (AvgIpc) is 3.15. The molecular formula is C25H36O8. The lowest BCUT2D eigenvalue weighted by atomic mass is 9.85. The van der Waals surface area contributed by atoms with Gasteiger partial charge in [-0.05, 0) is 53.0 Å². The molecule has 0 fully saturated rings. The molecule has 0 spiro atoms. The Kier molecular flexibility index (Phi) is 9.73. The van der Waals surface area contributed by atoms with Crippen molar-refractivity contribution in [3.8, 4) is 11.5 Å². The van der Waals surface area contributed by atoms with Gasteiger partial charge in [0.05, 0.1) is 32.3 Å². The number of benzene rings is 1. The maximum Gasteiger partial charge on any atom is 0.342 e. The molecule has 8 heteroatoms. The molecule has 2 rings (SSSR count). The summed E-state index contributed by atoms with van der Waals surface area (Å²) in [5, 5.41) is 0. The normalized spacial score (nSPS) is 13.5. The second-order valence-corrected chi connectivity index (χ2v) is 8.59. The van der Waals surface area contributed by atoms with E-state index in [1.807, 2.05) is 33.8 Å². The molecule has 0 N–H and O–H groups in total. The molecule has 0 amide bonds. The maximum absolute atomic E-state index is 12.5. The molecule has 8 nitrogen and oxygen atoms in total. The molecule has 0 bridgehead atoms. The first-order chi connectivity index (χ1) is 15.7. The van der Waals surface area contributed by atoms with Gasteiger partial charge in [-0.2, -0.15) is 0 Å². The molecule has 0 saturated carbocycles. The topological polar surface area (TPSA) is 89.5 Å². The van der Waals surface area contributed by atoms with Crippen molar-refractivity contribution in [3.05, 3.63) is 33.9 Å². The number of esters is 2. The van der Waals surface area contributed by atoms with Gasteiger partial charge < -0.3 is 28.4 Å². The highest BCUT2D eigenvalue weighted by Crippen LogP contribution is 2.43. The zero-order chi connectivity index (χ0) is 24.6. The van der Waals surface area contributed by atoms with E-state index in [4.69, 9.17) is 28.4 Å². The van der Waals surface area contributed by atoms with Crippen LogP contribution in [0.15, 0.2) is 11.6 Å². The number of cyclic esters (lactones) is 1. The fourth-order valence-electron chi connectivity index (χ4n) is 3.92. The summed E-state index contributed by atoms with van der Waals surface area (Å²) in [7, 11) is 3.18. The van der Waals surface area contributed by atoms with E-state index in [1.54, 1.807) is 21.1 Å². The Labute approximate surface area is 196 Å². The van der Waals surface area contributed by atoms with Crippen molar-refractivity contribution >= 4 is 11.9 Å². The summed E-state index contributed by atoms with van der Waals surface area (Å²) in [6.07, 6.45) is 3.00. The highest BCUT2D eigenvalue weighted by molar-refractivity contribution is 5.98. The predicted molar refractivity (Wildman–Crippen MR) is 123 cm³/mol. The van der Waals surface area contributed by atoms with Crippen LogP contribution >= 0.6 is 0 Å². The summed E-state index contributed by atoms with van der Waals surface area (Å²) in [6.45, 7) is 10.7. The van der Waals surface area contributed by atoms with Crippen LogP contribution in [-0.2, 0) is 36.8 Å². The van der Waals surface area contributed by atoms with Crippen LogP contribution in [0.4, 0.5) is 0 Å². The van der Waals surface area contributed by atoms with Crippen molar-refractivity contribution in [2.45, 2.75) is 54.1 Å². The summed E-state index contributed by atoms with van der Waals surface area (Å²) in [6, 6.07) is 0. The van der Waals surface area contributed by atoms with Crippen LogP contribution in [0.1, 0.15) is 61.2 Å². The Balaban J connectivity index is 2.36. The van der Waals surface area contributed by atoms with Crippen LogP contribution in [0.2, 0.25) is 0 Å². The molecule has 33 heavy (non-hydrogen) atoms. The SMILES string of the molecule is CCOC(=O)C(C)(C)C/C(C)=C/Cc1c(OC)c(C)c2c(c1OCOCCOC)C(=O)OC2. The van der Waals surface area contributed by atoms with Crippen molar-refractivity contribution < 1.29 is 38.0 Å². The fraction of sp³-hybridized carbons (Fsp3) is 0.600. The predicted octanol–water partition coefficient (Wildman–Crippen LogP) is 4.14. The number of methoxy groups -OCH3 is 2. The third-order valence-electron chi connectivity index (χ3n) is 5.55. The molecule has 0 saturated heterocycles. The highest BCUT2D eigenvalue weighted by Gasteiger charge is 2.33. The molecule has 0 aromatic heterocycles. The quantitative estimate of drug-likeness (QED) is 0.186. The molecule has 0 atom stereocenters. The van der Waals surface area contributed by atoms with E-state index in [-0.39, 0.29) is 19.4 Å². The minimum atomic E-state index is -0.646. The molecular weight excluding hydrogens is 428 g/mol. The van der Waals surface area contributed by atoms with Crippen molar-refractivity contribution in [3.63, 3.8) is 0 Å². The number of hydrogen-bond donors (Lipinski definition) is 0. The largest absolute Gasteiger partial charge is 0.496 e. The number of ether oxygens (including phenoxy) is 6. The van der Waals surface area contributed by atoms with Gasteiger partial charge in [0, 0.05) is 18.2 Å². The minimum absolute atomic E-state index is 0.0408. The van der Waals surface area contributed by atoms with Gasteiger partial charge in [-0.15, -0.1) is 0 Å². The van der Waals surface area contributed by atoms with Gasteiger partial charge in [0.15, 0.2) is 6.79 Å². The van der Waals surface area contributed by atoms with Gasteiger partial charge in [-0.3, -0.25) is 4.79 Å². The van der Waals surface area contributed by atoms with Gasteiger partial charge in [0.25, 0.3) is 0 Å². The first kappa shape index (κ1) is 26.7. The highest BCUT2D eigenvalue weighted by atomic mass is 16.7. The Morgan fingerprint density at radius 2 is 1.91 bits per heavy atom. The number of carbonyl (C=O) groups excluding carboxylic acids is 2. The second-order valence-electron chi connectivity index (χ2n) is 8.59. The van der Waals surface area contributed by atoms with Crippen LogP contribution in [0, 0.1) is 12.3 Å². The van der Waals surface area contributed by atoms with E-state index in [2.05, 4.69) is 0 Å². The van der Waals surface area contributed by atoms with Crippen LogP contribution in [0.3, 0.4) is 0 Å². The van der Waals surface area contributed by atoms with E-state index in [0.29, 0.717) is 49.7 Å². The van der Waals surface area contributed by atoms with E-state index in [1.165, 1.54) is 0 Å². The third-order valence-corrected chi connectivity index (χ3v) is 5.55. The van der Waals surface area contributed by atoms with Crippen molar-refractivity contribution in [1.82, 2.24) is 0 Å². The Bertz CT molecular complexity index is 885. The van der Waals surface area contributed by atoms with Gasteiger partial charge in [0.1, 0.15) is 23.7 Å². The Morgan fingerprint density at radius 3 is 2.55 bits per heavy atom. The van der Waals surface area contributed by atoms with Gasteiger partial charge in [-0.25, -0.2) is 4.79 Å². The molecule has 184 valence electrons. The lowest BCUT2D eigenvalue weighted by Gasteiger charge is -2.23. The maximum atomic E-state index is 12.5. The van der Waals surface area contributed by atoms with E-state index >= 15 is 0 Å². The molecule has 1 heterocycles. The minimum Gasteiger partial charge on any atom is -0.496 e. The van der Waals surface area contributed by atoms with Crippen LogP contribution < -0.4 is 9.47 Å². The first-order valence-electron chi connectivity index (χ1n) is 11.1. The summed E-state index contributed by atoms with van der Waals surface area (Å²) >= 11 is 0. The van der Waals surface area contributed by atoms with Crippen LogP contribution in [0.25, 0.3) is 0 Å². The van der Waals surface area contributed by atoms with E-state index < -0.39 is 11.4 Å². The Hall–Kier alpha value is -2.58. The van der Waals surface area contributed by atoms with Gasteiger partial charge >= 0.3 is 11.9 Å². The number of carbonyl (C=O) groups is 2.